The zero-order valence-corrected chi connectivity index (χ0v) is 18.1. The van der Waals surface area contributed by atoms with Crippen molar-refractivity contribution in [2.45, 2.75) is 19.5 Å². The third-order valence-corrected chi connectivity index (χ3v) is 5.87. The van der Waals surface area contributed by atoms with Gasteiger partial charge in [-0.1, -0.05) is 59.6 Å². The Morgan fingerprint density at radius 2 is 1.86 bits per heavy atom. The van der Waals surface area contributed by atoms with Gasteiger partial charge in [-0.25, -0.2) is 0 Å². The zero-order chi connectivity index (χ0) is 20.6. The van der Waals surface area contributed by atoms with E-state index in [1.807, 2.05) is 18.2 Å². The second-order valence-electron chi connectivity index (χ2n) is 7.30. The average molecular weight is 436 g/mol. The third-order valence-electron chi connectivity index (χ3n) is 5.05. The second kappa shape index (κ2) is 11.0. The molecule has 0 spiro atoms. The summed E-state index contributed by atoms with van der Waals surface area (Å²) in [6.07, 6.45) is 0. The first kappa shape index (κ1) is 22.1. The standard InChI is InChI=1S/C22H27Cl2N3O2/c1-17(14-26-10-12-29-13-11-26)27(15-18-6-3-2-4-7-18)16-21(28)25-20-9-5-8-19(23)22(20)24/h2-9,17H,10-16H2,1H3,(H,25,28). The minimum absolute atomic E-state index is 0.112. The van der Waals surface area contributed by atoms with Crippen LogP contribution in [0.3, 0.4) is 0 Å². The Bertz CT molecular complexity index is 798. The molecule has 1 aliphatic rings. The number of morpholine rings is 1. The highest BCUT2D eigenvalue weighted by Gasteiger charge is 2.22. The van der Waals surface area contributed by atoms with Crippen molar-refractivity contribution in [3.63, 3.8) is 0 Å². The van der Waals surface area contributed by atoms with E-state index in [0.717, 1.165) is 32.8 Å². The monoisotopic (exact) mass is 435 g/mol. The smallest absolute Gasteiger partial charge is 0.238 e. The molecule has 0 aliphatic carbocycles. The number of benzene rings is 2. The van der Waals surface area contributed by atoms with Crippen molar-refractivity contribution < 1.29 is 9.53 Å². The summed E-state index contributed by atoms with van der Waals surface area (Å²) >= 11 is 12.3. The predicted octanol–water partition coefficient (Wildman–Crippen LogP) is 4.15. The lowest BCUT2D eigenvalue weighted by Crippen LogP contribution is -2.47. The molecule has 0 bridgehead atoms. The maximum Gasteiger partial charge on any atom is 0.238 e. The van der Waals surface area contributed by atoms with E-state index in [0.29, 0.717) is 22.3 Å². The topological polar surface area (TPSA) is 44.8 Å². The number of nitrogens with zero attached hydrogens (tertiary/aromatic N) is 2. The van der Waals surface area contributed by atoms with E-state index < -0.39 is 0 Å². The van der Waals surface area contributed by atoms with Gasteiger partial charge in [0, 0.05) is 32.2 Å². The highest BCUT2D eigenvalue weighted by Crippen LogP contribution is 2.29. The van der Waals surface area contributed by atoms with Gasteiger partial charge in [0.15, 0.2) is 0 Å². The number of carbonyl (C=O) groups excluding carboxylic acids is 1. The quantitative estimate of drug-likeness (QED) is 0.675. The van der Waals surface area contributed by atoms with Crippen molar-refractivity contribution >= 4 is 34.8 Å². The number of hydrogen-bond donors (Lipinski definition) is 1. The van der Waals surface area contributed by atoms with E-state index in [4.69, 9.17) is 27.9 Å². The number of ether oxygens (including phenoxy) is 1. The number of nitrogens with one attached hydrogen (secondary N) is 1. The van der Waals surface area contributed by atoms with Crippen LogP contribution in [0.1, 0.15) is 12.5 Å². The van der Waals surface area contributed by atoms with E-state index in [2.05, 4.69) is 34.2 Å². The van der Waals surface area contributed by atoms with Crippen molar-refractivity contribution in [3.05, 3.63) is 64.1 Å². The Morgan fingerprint density at radius 3 is 2.59 bits per heavy atom. The van der Waals surface area contributed by atoms with Crippen LogP contribution in [0.4, 0.5) is 5.69 Å². The molecule has 5 nitrogen and oxygen atoms in total. The molecule has 3 rings (SSSR count). The molecule has 0 aromatic heterocycles. The van der Waals surface area contributed by atoms with Gasteiger partial charge in [-0.2, -0.15) is 0 Å². The van der Waals surface area contributed by atoms with Crippen LogP contribution in [0, 0.1) is 0 Å². The van der Waals surface area contributed by atoms with E-state index in [-0.39, 0.29) is 18.5 Å². The highest BCUT2D eigenvalue weighted by atomic mass is 35.5. The summed E-state index contributed by atoms with van der Waals surface area (Å²) < 4.78 is 5.45. The predicted molar refractivity (Wildman–Crippen MR) is 119 cm³/mol. The number of carbonyl (C=O) groups is 1. The summed E-state index contributed by atoms with van der Waals surface area (Å²) in [4.78, 5) is 17.4. The molecule has 7 heteroatoms. The Kier molecular flexibility index (Phi) is 8.33. The molecule has 2 aromatic rings. The summed E-state index contributed by atoms with van der Waals surface area (Å²) in [5, 5.41) is 3.68. The van der Waals surface area contributed by atoms with Crippen molar-refractivity contribution in [2.24, 2.45) is 0 Å². The molecule has 2 aromatic carbocycles. The van der Waals surface area contributed by atoms with Crippen LogP contribution >= 0.6 is 23.2 Å². The second-order valence-corrected chi connectivity index (χ2v) is 8.09. The van der Waals surface area contributed by atoms with Crippen LogP contribution < -0.4 is 5.32 Å². The van der Waals surface area contributed by atoms with Gasteiger partial charge in [0.2, 0.25) is 5.91 Å². The number of halogens is 2. The Balaban J connectivity index is 1.67. The third kappa shape index (κ3) is 6.69. The number of anilines is 1. The molecule has 0 saturated carbocycles. The Hall–Kier alpha value is -1.63. The molecule has 156 valence electrons. The maximum absolute atomic E-state index is 12.8. The number of amides is 1. The van der Waals surface area contributed by atoms with Crippen LogP contribution in [0.15, 0.2) is 48.5 Å². The van der Waals surface area contributed by atoms with Gasteiger partial charge in [0.25, 0.3) is 0 Å². The van der Waals surface area contributed by atoms with Crippen molar-refractivity contribution in [1.82, 2.24) is 9.80 Å². The summed E-state index contributed by atoms with van der Waals surface area (Å²) in [5.41, 5.74) is 1.71. The minimum Gasteiger partial charge on any atom is -0.379 e. The van der Waals surface area contributed by atoms with E-state index >= 15 is 0 Å². The number of hydrogen-bond acceptors (Lipinski definition) is 4. The fraction of sp³-hybridized carbons (Fsp3) is 0.409. The SMILES string of the molecule is CC(CN1CCOCC1)N(CC(=O)Nc1cccc(Cl)c1Cl)Cc1ccccc1. The summed E-state index contributed by atoms with van der Waals surface area (Å²) in [5.74, 6) is -0.112. The van der Waals surface area contributed by atoms with Gasteiger partial charge < -0.3 is 10.1 Å². The van der Waals surface area contributed by atoms with E-state index in [1.165, 1.54) is 5.56 Å². The lowest BCUT2D eigenvalue weighted by Gasteiger charge is -2.34. The first-order chi connectivity index (χ1) is 14.0. The first-order valence-electron chi connectivity index (χ1n) is 9.85. The fourth-order valence-electron chi connectivity index (χ4n) is 3.43. The highest BCUT2D eigenvalue weighted by molar-refractivity contribution is 6.44. The molecular formula is C22H27Cl2N3O2. The van der Waals surface area contributed by atoms with Crippen molar-refractivity contribution in [3.8, 4) is 0 Å². The van der Waals surface area contributed by atoms with Gasteiger partial charge in [0.05, 0.1) is 35.5 Å². The molecule has 1 unspecified atom stereocenters. The van der Waals surface area contributed by atoms with Crippen molar-refractivity contribution in [2.75, 3.05) is 44.7 Å². The van der Waals surface area contributed by atoms with E-state index in [1.54, 1.807) is 18.2 Å². The first-order valence-corrected chi connectivity index (χ1v) is 10.6. The Morgan fingerprint density at radius 1 is 1.14 bits per heavy atom. The normalized spacial score (nSPS) is 16.0. The molecule has 1 atom stereocenters. The van der Waals surface area contributed by atoms with Crippen molar-refractivity contribution in [1.29, 1.82) is 0 Å². The fourth-order valence-corrected chi connectivity index (χ4v) is 3.78. The van der Waals surface area contributed by atoms with Gasteiger partial charge >= 0.3 is 0 Å². The molecule has 1 aliphatic heterocycles. The van der Waals surface area contributed by atoms with Crippen LogP contribution in [-0.4, -0.2) is 61.1 Å². The average Bonchev–Trinajstić information content (AvgIpc) is 2.72. The lowest BCUT2D eigenvalue weighted by atomic mass is 10.1. The van der Waals surface area contributed by atoms with Gasteiger partial charge in [0.1, 0.15) is 0 Å². The molecule has 1 heterocycles. The summed E-state index contributed by atoms with van der Waals surface area (Å²) in [6, 6.07) is 15.6. The molecule has 1 fully saturated rings. The maximum atomic E-state index is 12.8. The van der Waals surface area contributed by atoms with E-state index in [9.17, 15) is 4.79 Å². The van der Waals surface area contributed by atoms with Crippen LogP contribution in [0.5, 0.6) is 0 Å². The van der Waals surface area contributed by atoms with Crippen LogP contribution in [0.2, 0.25) is 10.0 Å². The molecule has 1 amide bonds. The Labute approximate surface area is 182 Å². The molecule has 29 heavy (non-hydrogen) atoms. The van der Waals surface area contributed by atoms with Gasteiger partial charge in [-0.15, -0.1) is 0 Å². The largest absolute Gasteiger partial charge is 0.379 e. The zero-order valence-electron chi connectivity index (χ0n) is 16.6. The van der Waals surface area contributed by atoms with Gasteiger partial charge in [-0.05, 0) is 24.6 Å². The molecule has 1 N–H and O–H groups in total. The number of rotatable bonds is 8. The van der Waals surface area contributed by atoms with Crippen LogP contribution in [0.25, 0.3) is 0 Å². The van der Waals surface area contributed by atoms with Gasteiger partial charge in [-0.3, -0.25) is 14.6 Å². The molecule has 0 radical (unpaired) electrons. The minimum atomic E-state index is -0.112. The summed E-state index contributed by atoms with van der Waals surface area (Å²) in [7, 11) is 0. The molecule has 1 saturated heterocycles. The summed E-state index contributed by atoms with van der Waals surface area (Å²) in [6.45, 7) is 7.39. The van der Waals surface area contributed by atoms with Crippen LogP contribution in [-0.2, 0) is 16.1 Å². The molecular weight excluding hydrogens is 409 g/mol. The lowest BCUT2D eigenvalue weighted by molar-refractivity contribution is -0.118.